The van der Waals surface area contributed by atoms with Gasteiger partial charge in [0.05, 0.1) is 0 Å². The van der Waals surface area contributed by atoms with Gasteiger partial charge in [0.15, 0.2) is 0 Å². The van der Waals surface area contributed by atoms with E-state index in [2.05, 4.69) is 35.7 Å². The summed E-state index contributed by atoms with van der Waals surface area (Å²) in [7, 11) is 0. The maximum absolute atomic E-state index is 3.45. The summed E-state index contributed by atoms with van der Waals surface area (Å²) < 4.78 is 6.91. The molecule has 0 atom stereocenters. The Morgan fingerprint density at radius 3 is 1.44 bits per heavy atom. The molecule has 2 N–H and O–H groups in total. The van der Waals surface area contributed by atoms with Gasteiger partial charge in [-0.25, -0.2) is 0 Å². The number of rotatable bonds is 4. The van der Waals surface area contributed by atoms with Crippen molar-refractivity contribution in [1.82, 2.24) is 8.05 Å². The van der Waals surface area contributed by atoms with Crippen molar-refractivity contribution in [1.29, 1.82) is 0 Å². The van der Waals surface area contributed by atoms with Crippen LogP contribution < -0.4 is 8.05 Å². The molecule has 0 amide bonds. The summed E-state index contributed by atoms with van der Waals surface area (Å²) in [6.45, 7) is 8.75. The molecule has 0 heterocycles. The Hall–Kier alpha value is 0.556. The Bertz CT molecular complexity index is 56.1. The van der Waals surface area contributed by atoms with Gasteiger partial charge in [0.2, 0.25) is 0 Å². The summed E-state index contributed by atoms with van der Waals surface area (Å²) in [6.07, 6.45) is 0. The Balaban J connectivity index is 2.91. The third kappa shape index (κ3) is 8.56. The van der Waals surface area contributed by atoms with Crippen LogP contribution in [0.1, 0.15) is 27.7 Å². The minimum atomic E-state index is -0.567. The molecule has 0 bridgehead atoms. The third-order valence-corrected chi connectivity index (χ3v) is 5.30. The molecule has 0 rings (SSSR count). The fourth-order valence-corrected chi connectivity index (χ4v) is 2.43. The van der Waals surface area contributed by atoms with Gasteiger partial charge in [-0.2, -0.15) is 0 Å². The average molecular weight is 187 g/mol. The zero-order chi connectivity index (χ0) is 7.28. The Morgan fingerprint density at radius 1 is 0.889 bits per heavy atom. The number of hydrogen-bond acceptors (Lipinski definition) is 2. The van der Waals surface area contributed by atoms with Gasteiger partial charge in [-0.3, -0.25) is 0 Å². The molecule has 3 heteroatoms. The molecule has 0 aliphatic heterocycles. The van der Waals surface area contributed by atoms with Gasteiger partial charge >= 0.3 is 65.7 Å². The van der Waals surface area contributed by atoms with Gasteiger partial charge in [0.1, 0.15) is 0 Å². The van der Waals surface area contributed by atoms with Gasteiger partial charge in [-0.05, 0) is 0 Å². The first-order valence-electron chi connectivity index (χ1n) is 3.59. The molecule has 54 valence electrons. The van der Waals surface area contributed by atoms with Crippen LogP contribution in [-0.4, -0.2) is 30.0 Å². The van der Waals surface area contributed by atoms with Crippen LogP contribution in [0.5, 0.6) is 0 Å². The molecule has 0 spiro atoms. The molecule has 0 saturated heterocycles. The molecular weight excluding hydrogens is 170 g/mol. The summed E-state index contributed by atoms with van der Waals surface area (Å²) in [5, 5.41) is 0. The zero-order valence-corrected chi connectivity index (χ0v) is 9.83. The van der Waals surface area contributed by atoms with Crippen LogP contribution in [0.2, 0.25) is 0 Å². The van der Waals surface area contributed by atoms with E-state index >= 15 is 0 Å². The third-order valence-electron chi connectivity index (χ3n) is 1.02. The van der Waals surface area contributed by atoms with Crippen LogP contribution in [0.4, 0.5) is 0 Å². The summed E-state index contributed by atoms with van der Waals surface area (Å²) in [6, 6.07) is 1.33. The van der Waals surface area contributed by atoms with E-state index < -0.39 is 17.9 Å². The Labute approximate surface area is 66.1 Å². The number of hydrogen-bond donors (Lipinski definition) is 2. The molecule has 0 aromatic heterocycles. The van der Waals surface area contributed by atoms with E-state index in [1.165, 1.54) is 0 Å². The summed E-state index contributed by atoms with van der Waals surface area (Å²) in [5.74, 6) is 0. The molecule has 0 aromatic carbocycles. The van der Waals surface area contributed by atoms with Crippen molar-refractivity contribution in [2.24, 2.45) is 0 Å². The fraction of sp³-hybridized carbons (Fsp3) is 1.00. The van der Waals surface area contributed by atoms with E-state index in [4.69, 9.17) is 0 Å². The van der Waals surface area contributed by atoms with E-state index in [0.717, 1.165) is 0 Å². The first kappa shape index (κ1) is 9.56. The van der Waals surface area contributed by atoms with Gasteiger partial charge in [0, 0.05) is 0 Å². The predicted octanol–water partition coefficient (Wildman–Crippen LogP) is 0.249. The van der Waals surface area contributed by atoms with Crippen LogP contribution in [-0.2, 0) is 0 Å². The molecule has 0 aromatic rings. The normalized spacial score (nSPS) is 10.9. The average Bonchev–Trinajstić information content (AvgIpc) is 1.63. The quantitative estimate of drug-likeness (QED) is 0.616. The number of nitrogens with one attached hydrogen (secondary N) is 2. The van der Waals surface area contributed by atoms with Gasteiger partial charge in [0.25, 0.3) is 0 Å². The van der Waals surface area contributed by atoms with Crippen molar-refractivity contribution in [2.75, 3.05) is 0 Å². The van der Waals surface area contributed by atoms with E-state index in [0.29, 0.717) is 12.1 Å². The second-order valence-corrected chi connectivity index (χ2v) is 5.35. The van der Waals surface area contributed by atoms with Crippen molar-refractivity contribution in [3.8, 4) is 0 Å². The predicted molar refractivity (Wildman–Crippen MR) is 43.7 cm³/mol. The molecule has 9 heavy (non-hydrogen) atoms. The van der Waals surface area contributed by atoms with E-state index in [-0.39, 0.29) is 0 Å². The van der Waals surface area contributed by atoms with E-state index in [1.54, 1.807) is 0 Å². The standard InChI is InChI=1S/2C3H8N.Ga.H/c2*1-3(2)4;;/h2*3-4H,1-2H3;;/q2*-1;+2;. The first-order chi connectivity index (χ1) is 4.13. The molecule has 0 aliphatic rings. The maximum atomic E-state index is 3.45. The van der Waals surface area contributed by atoms with Crippen LogP contribution in [0.15, 0.2) is 0 Å². The van der Waals surface area contributed by atoms with Crippen LogP contribution in [0, 0.1) is 0 Å². The summed E-state index contributed by atoms with van der Waals surface area (Å²) in [4.78, 5) is 0. The van der Waals surface area contributed by atoms with Gasteiger partial charge in [-0.15, -0.1) is 0 Å². The van der Waals surface area contributed by atoms with Gasteiger partial charge in [-0.1, -0.05) is 0 Å². The monoisotopic (exact) mass is 186 g/mol. The summed E-state index contributed by atoms with van der Waals surface area (Å²) >= 11 is -0.567. The molecule has 0 unspecified atom stereocenters. The first-order valence-corrected chi connectivity index (χ1v) is 6.56. The van der Waals surface area contributed by atoms with E-state index in [9.17, 15) is 0 Å². The second-order valence-electron chi connectivity index (χ2n) is 2.89. The van der Waals surface area contributed by atoms with Crippen molar-refractivity contribution in [3.05, 3.63) is 0 Å². The van der Waals surface area contributed by atoms with Crippen molar-refractivity contribution in [3.63, 3.8) is 0 Å². The minimum absolute atomic E-state index is 0.567. The van der Waals surface area contributed by atoms with Crippen LogP contribution in [0.3, 0.4) is 0 Å². The van der Waals surface area contributed by atoms with Gasteiger partial charge < -0.3 is 0 Å². The molecule has 0 aliphatic carbocycles. The Kier molecular flexibility index (Phi) is 5.68. The molecule has 0 fully saturated rings. The SMILES string of the molecule is CC(C)[NH][GaH][NH]C(C)C. The van der Waals surface area contributed by atoms with Crippen molar-refractivity contribution in [2.45, 2.75) is 39.8 Å². The van der Waals surface area contributed by atoms with Crippen molar-refractivity contribution >= 4 is 17.9 Å². The van der Waals surface area contributed by atoms with E-state index in [1.807, 2.05) is 0 Å². The zero-order valence-electron chi connectivity index (χ0n) is 6.86. The fourth-order valence-electron chi connectivity index (χ4n) is 0.467. The molecule has 0 saturated carbocycles. The Morgan fingerprint density at radius 2 is 1.22 bits per heavy atom. The second kappa shape index (κ2) is 5.35. The van der Waals surface area contributed by atoms with Crippen LogP contribution in [0.25, 0.3) is 0 Å². The summed E-state index contributed by atoms with van der Waals surface area (Å²) in [5.41, 5.74) is 0. The van der Waals surface area contributed by atoms with Crippen molar-refractivity contribution < 1.29 is 0 Å². The van der Waals surface area contributed by atoms with Crippen LogP contribution >= 0.6 is 0 Å². The topological polar surface area (TPSA) is 24.1 Å². The molecular formula is C6H17GaN2. The molecule has 0 radical (unpaired) electrons. The molecule has 2 nitrogen and oxygen atoms in total.